The predicted octanol–water partition coefficient (Wildman–Crippen LogP) is 3.09. The van der Waals surface area contributed by atoms with Gasteiger partial charge in [-0.2, -0.15) is 10.5 Å². The van der Waals surface area contributed by atoms with Crippen molar-refractivity contribution >= 4 is 17.4 Å². The molecule has 0 radical (unpaired) electrons. The van der Waals surface area contributed by atoms with Gasteiger partial charge in [0.15, 0.2) is 0 Å². The molecule has 0 unspecified atom stereocenters. The zero-order valence-corrected chi connectivity index (χ0v) is 17.6. The molecule has 2 aromatic rings. The van der Waals surface area contributed by atoms with Crippen molar-refractivity contribution in [3.63, 3.8) is 0 Å². The van der Waals surface area contributed by atoms with Crippen LogP contribution in [0.15, 0.2) is 24.4 Å². The summed E-state index contributed by atoms with van der Waals surface area (Å²) in [6, 6.07) is 6.04. The summed E-state index contributed by atoms with van der Waals surface area (Å²) in [4.78, 5) is 13.9. The Labute approximate surface area is 179 Å². The maximum absolute atomic E-state index is 13.8. The Balaban J connectivity index is 1.64. The van der Waals surface area contributed by atoms with Gasteiger partial charge >= 0.3 is 6.09 Å². The highest BCUT2D eigenvalue weighted by molar-refractivity contribution is 5.75. The summed E-state index contributed by atoms with van der Waals surface area (Å²) >= 11 is 0. The van der Waals surface area contributed by atoms with E-state index in [1.807, 2.05) is 26.8 Å². The number of ether oxygens (including phenoxy) is 2. The number of hydrogen-bond acceptors (Lipinski definition) is 8. The first-order valence-electron chi connectivity index (χ1n) is 9.80. The molecule has 2 heterocycles. The number of anilines is 1. The number of tetrazole rings is 1. The van der Waals surface area contributed by atoms with E-state index in [4.69, 9.17) is 9.47 Å². The largest absolute Gasteiger partial charge is 0.488 e. The number of hydrogen-bond donors (Lipinski definition) is 2. The van der Waals surface area contributed by atoms with Gasteiger partial charge in [-0.1, -0.05) is 0 Å². The van der Waals surface area contributed by atoms with Crippen molar-refractivity contribution in [2.45, 2.75) is 45.3 Å². The number of H-pyrrole nitrogens is 1. The first-order valence-corrected chi connectivity index (χ1v) is 9.80. The number of amides is 1. The lowest BCUT2D eigenvalue weighted by molar-refractivity contribution is 0.0127. The van der Waals surface area contributed by atoms with E-state index in [9.17, 15) is 14.4 Å². The molecule has 3 rings (SSSR count). The van der Waals surface area contributed by atoms with E-state index in [0.717, 1.165) is 0 Å². The lowest BCUT2D eigenvalue weighted by atomic mass is 10.1. The summed E-state index contributed by atoms with van der Waals surface area (Å²) in [5.74, 6) is 0.0863. The molecule has 1 amide bonds. The Morgan fingerprint density at radius 1 is 1.39 bits per heavy atom. The Bertz CT molecular complexity index is 972. The Morgan fingerprint density at radius 3 is 2.74 bits per heavy atom. The number of piperidine rings is 1. The minimum Gasteiger partial charge on any atom is -0.488 e. The summed E-state index contributed by atoms with van der Waals surface area (Å²) in [5.41, 5.74) is -0.0726. The third kappa shape index (κ3) is 6.15. The Morgan fingerprint density at radius 2 is 2.13 bits per heavy atom. The number of allylic oxidation sites excluding steroid dienone is 1. The molecule has 0 saturated carbocycles. The predicted molar refractivity (Wildman–Crippen MR) is 109 cm³/mol. The van der Waals surface area contributed by atoms with Crippen LogP contribution >= 0.6 is 0 Å². The average Bonchev–Trinajstić information content (AvgIpc) is 3.24. The van der Waals surface area contributed by atoms with Gasteiger partial charge < -0.3 is 19.7 Å². The van der Waals surface area contributed by atoms with Crippen LogP contribution in [0, 0.1) is 17.1 Å². The first-order chi connectivity index (χ1) is 14.7. The normalized spacial score (nSPS) is 15.3. The maximum atomic E-state index is 13.8. The Kier molecular flexibility index (Phi) is 6.69. The molecule has 1 saturated heterocycles. The van der Waals surface area contributed by atoms with Gasteiger partial charge in [0.1, 0.15) is 34.9 Å². The summed E-state index contributed by atoms with van der Waals surface area (Å²) in [5, 5.41) is 25.3. The van der Waals surface area contributed by atoms with E-state index in [1.54, 1.807) is 4.90 Å². The standard InChI is InChI=1S/C20H24FN7O3/c1-20(2,3)31-19(29)28-8-6-15(7-9-28)30-17-5-4-14(21)10-16(17)23-12-13(11-22)18-24-26-27-25-18/h4-5,10,12,15,23H,6-9H2,1-3H3,(H,24,25,26,27). The number of likely N-dealkylation sites (tertiary alicyclic amines) is 1. The van der Waals surface area contributed by atoms with Crippen LogP contribution in [0.25, 0.3) is 5.57 Å². The van der Waals surface area contributed by atoms with Crippen molar-refractivity contribution in [1.29, 1.82) is 5.26 Å². The summed E-state index contributed by atoms with van der Waals surface area (Å²) in [7, 11) is 0. The fourth-order valence-electron chi connectivity index (χ4n) is 2.95. The third-order valence-electron chi connectivity index (χ3n) is 4.41. The summed E-state index contributed by atoms with van der Waals surface area (Å²) < 4.78 is 25.3. The molecular formula is C20H24FN7O3. The molecule has 0 atom stereocenters. The number of nitrogens with one attached hydrogen (secondary N) is 2. The molecule has 0 bridgehead atoms. The van der Waals surface area contributed by atoms with E-state index >= 15 is 0 Å². The molecule has 10 nitrogen and oxygen atoms in total. The molecule has 164 valence electrons. The fourth-order valence-corrected chi connectivity index (χ4v) is 2.95. The van der Waals surface area contributed by atoms with Gasteiger partial charge in [-0.15, -0.1) is 10.2 Å². The van der Waals surface area contributed by atoms with Crippen LogP contribution in [0.1, 0.15) is 39.4 Å². The van der Waals surface area contributed by atoms with E-state index < -0.39 is 11.4 Å². The molecule has 0 spiro atoms. The molecule has 1 aliphatic rings. The van der Waals surface area contributed by atoms with Gasteiger partial charge in [-0.05, 0) is 38.1 Å². The van der Waals surface area contributed by atoms with Crippen LogP contribution in [-0.2, 0) is 4.74 Å². The van der Waals surface area contributed by atoms with Crippen LogP contribution in [0.3, 0.4) is 0 Å². The minimum absolute atomic E-state index is 0.114. The molecule has 11 heteroatoms. The molecule has 1 fully saturated rings. The number of halogens is 1. The second-order valence-electron chi connectivity index (χ2n) is 7.97. The highest BCUT2D eigenvalue weighted by atomic mass is 19.1. The highest BCUT2D eigenvalue weighted by Crippen LogP contribution is 2.29. The van der Waals surface area contributed by atoms with E-state index in [1.165, 1.54) is 24.4 Å². The number of rotatable bonds is 5. The lowest BCUT2D eigenvalue weighted by Gasteiger charge is -2.33. The molecule has 0 aliphatic carbocycles. The van der Waals surface area contributed by atoms with Crippen LogP contribution in [-0.4, -0.2) is 56.4 Å². The third-order valence-corrected chi connectivity index (χ3v) is 4.41. The fraction of sp³-hybridized carbons (Fsp3) is 0.450. The van der Waals surface area contributed by atoms with Crippen molar-refractivity contribution in [3.05, 3.63) is 36.0 Å². The zero-order chi connectivity index (χ0) is 22.4. The van der Waals surface area contributed by atoms with Gasteiger partial charge in [0.05, 0.1) is 5.69 Å². The topological polar surface area (TPSA) is 129 Å². The van der Waals surface area contributed by atoms with Crippen LogP contribution in [0.4, 0.5) is 14.9 Å². The number of benzene rings is 1. The minimum atomic E-state index is -0.545. The number of nitriles is 1. The van der Waals surface area contributed by atoms with E-state index in [-0.39, 0.29) is 23.6 Å². The van der Waals surface area contributed by atoms with Crippen LogP contribution < -0.4 is 10.1 Å². The van der Waals surface area contributed by atoms with Crippen molar-refractivity contribution in [2.75, 3.05) is 18.4 Å². The maximum Gasteiger partial charge on any atom is 0.410 e. The molecule has 1 aromatic heterocycles. The van der Waals surface area contributed by atoms with Crippen molar-refractivity contribution in [3.8, 4) is 11.8 Å². The quantitative estimate of drug-likeness (QED) is 0.694. The average molecular weight is 429 g/mol. The van der Waals surface area contributed by atoms with Crippen LogP contribution in [0.2, 0.25) is 0 Å². The molecule has 1 aliphatic heterocycles. The smallest absolute Gasteiger partial charge is 0.410 e. The van der Waals surface area contributed by atoms with Gasteiger partial charge in [0.2, 0.25) is 5.82 Å². The molecule has 1 aromatic carbocycles. The molecule has 31 heavy (non-hydrogen) atoms. The van der Waals surface area contributed by atoms with Crippen molar-refractivity contribution < 1.29 is 18.7 Å². The Hall–Kier alpha value is -3.68. The van der Waals surface area contributed by atoms with Crippen molar-refractivity contribution in [1.82, 2.24) is 25.5 Å². The number of aromatic nitrogens is 4. The van der Waals surface area contributed by atoms with Crippen molar-refractivity contribution in [2.24, 2.45) is 0 Å². The number of carbonyl (C=O) groups excluding carboxylic acids is 1. The second-order valence-corrected chi connectivity index (χ2v) is 7.97. The van der Waals surface area contributed by atoms with E-state index in [0.29, 0.717) is 37.4 Å². The summed E-state index contributed by atoms with van der Waals surface area (Å²) in [6.45, 7) is 6.48. The number of aromatic amines is 1. The first kappa shape index (κ1) is 22.0. The SMILES string of the molecule is CC(C)(C)OC(=O)N1CCC(Oc2ccc(F)cc2NC=C(C#N)c2nn[nH]n2)CC1. The van der Waals surface area contributed by atoms with Gasteiger partial charge in [0, 0.05) is 38.2 Å². The monoisotopic (exact) mass is 429 g/mol. The van der Waals surface area contributed by atoms with E-state index in [2.05, 4.69) is 25.9 Å². The second kappa shape index (κ2) is 9.42. The number of carbonyl (C=O) groups is 1. The highest BCUT2D eigenvalue weighted by Gasteiger charge is 2.28. The number of nitrogens with zero attached hydrogens (tertiary/aromatic N) is 5. The summed E-state index contributed by atoms with van der Waals surface area (Å²) in [6.07, 6.45) is 2.08. The van der Waals surface area contributed by atoms with Crippen LogP contribution in [0.5, 0.6) is 5.75 Å². The van der Waals surface area contributed by atoms with Gasteiger partial charge in [-0.3, -0.25) is 0 Å². The lowest BCUT2D eigenvalue weighted by Crippen LogP contribution is -2.44. The zero-order valence-electron chi connectivity index (χ0n) is 17.6. The van der Waals surface area contributed by atoms with Gasteiger partial charge in [0.25, 0.3) is 0 Å². The molecular weight excluding hydrogens is 405 g/mol. The van der Waals surface area contributed by atoms with Gasteiger partial charge in [-0.25, -0.2) is 9.18 Å². The molecule has 2 N–H and O–H groups in total.